The summed E-state index contributed by atoms with van der Waals surface area (Å²) in [5, 5.41) is 11.5. The molecule has 0 amide bonds. The molecule has 13 heavy (non-hydrogen) atoms. The van der Waals surface area contributed by atoms with Crippen LogP contribution >= 0.6 is 11.8 Å². The van der Waals surface area contributed by atoms with Crippen molar-refractivity contribution in [3.8, 4) is 6.07 Å². The van der Waals surface area contributed by atoms with Gasteiger partial charge in [0.2, 0.25) is 0 Å². The van der Waals surface area contributed by atoms with Gasteiger partial charge in [-0.15, -0.1) is 11.8 Å². The quantitative estimate of drug-likeness (QED) is 0.741. The van der Waals surface area contributed by atoms with Gasteiger partial charge >= 0.3 is 0 Å². The van der Waals surface area contributed by atoms with Crippen LogP contribution in [0.4, 0.5) is 0 Å². The summed E-state index contributed by atoms with van der Waals surface area (Å²) in [7, 11) is 1.93. The highest BCUT2D eigenvalue weighted by Gasteiger charge is 1.93. The molecule has 0 saturated heterocycles. The number of nitrogens with one attached hydrogen (secondary N) is 1. The maximum atomic E-state index is 8.39. The van der Waals surface area contributed by atoms with Crippen molar-refractivity contribution in [1.82, 2.24) is 5.32 Å². The molecule has 0 atom stereocenters. The van der Waals surface area contributed by atoms with Gasteiger partial charge in [0, 0.05) is 11.4 Å². The van der Waals surface area contributed by atoms with E-state index in [1.54, 1.807) is 11.8 Å². The summed E-state index contributed by atoms with van der Waals surface area (Å²) in [4.78, 5) is 1.15. The van der Waals surface area contributed by atoms with E-state index >= 15 is 0 Å². The van der Waals surface area contributed by atoms with E-state index in [-0.39, 0.29) is 0 Å². The van der Waals surface area contributed by atoms with Crippen molar-refractivity contribution in [3.05, 3.63) is 29.8 Å². The minimum absolute atomic E-state index is 0.519. The van der Waals surface area contributed by atoms with Gasteiger partial charge in [-0.25, -0.2) is 0 Å². The van der Waals surface area contributed by atoms with Crippen LogP contribution < -0.4 is 5.32 Å². The summed E-state index contributed by atoms with van der Waals surface area (Å²) in [6.07, 6.45) is 0. The summed E-state index contributed by atoms with van der Waals surface area (Å²) in [5.41, 5.74) is 1.27. The van der Waals surface area contributed by atoms with Gasteiger partial charge in [0.05, 0.1) is 11.8 Å². The second-order valence-corrected chi connectivity index (χ2v) is 3.67. The molecule has 3 heteroatoms. The van der Waals surface area contributed by atoms with E-state index in [0.717, 1.165) is 11.4 Å². The highest BCUT2D eigenvalue weighted by atomic mass is 32.2. The lowest BCUT2D eigenvalue weighted by Gasteiger charge is -2.01. The highest BCUT2D eigenvalue weighted by molar-refractivity contribution is 7.99. The van der Waals surface area contributed by atoms with Crippen LogP contribution in [0.2, 0.25) is 0 Å². The lowest BCUT2D eigenvalue weighted by molar-refractivity contribution is 0.817. The molecule has 0 bridgehead atoms. The number of hydrogen-bond acceptors (Lipinski definition) is 3. The number of benzene rings is 1. The number of rotatable bonds is 4. The zero-order valence-electron chi connectivity index (χ0n) is 7.58. The zero-order valence-corrected chi connectivity index (χ0v) is 8.40. The van der Waals surface area contributed by atoms with Crippen LogP contribution in [-0.2, 0) is 6.54 Å². The third-order valence-electron chi connectivity index (χ3n) is 1.61. The van der Waals surface area contributed by atoms with Crippen LogP contribution in [0.3, 0.4) is 0 Å². The number of hydrogen-bond donors (Lipinski definition) is 1. The Morgan fingerprint density at radius 3 is 2.62 bits per heavy atom. The topological polar surface area (TPSA) is 35.8 Å². The van der Waals surface area contributed by atoms with Gasteiger partial charge < -0.3 is 5.32 Å². The fourth-order valence-electron chi connectivity index (χ4n) is 1.02. The molecule has 1 aromatic carbocycles. The Morgan fingerprint density at radius 1 is 1.38 bits per heavy atom. The van der Waals surface area contributed by atoms with Crippen LogP contribution in [0, 0.1) is 11.3 Å². The molecule has 0 fully saturated rings. The van der Waals surface area contributed by atoms with Crippen LogP contribution in [0.1, 0.15) is 5.56 Å². The SMILES string of the molecule is CNCc1ccc(SCC#N)cc1. The van der Waals surface area contributed by atoms with Crippen LogP contribution in [-0.4, -0.2) is 12.8 Å². The summed E-state index contributed by atoms with van der Waals surface area (Å²) in [6, 6.07) is 10.4. The van der Waals surface area contributed by atoms with Gasteiger partial charge in [-0.2, -0.15) is 5.26 Å². The van der Waals surface area contributed by atoms with Crippen molar-refractivity contribution in [2.24, 2.45) is 0 Å². The number of nitrogens with zero attached hydrogens (tertiary/aromatic N) is 1. The first-order valence-electron chi connectivity index (χ1n) is 4.10. The van der Waals surface area contributed by atoms with Crippen molar-refractivity contribution in [2.45, 2.75) is 11.4 Å². The predicted molar refractivity (Wildman–Crippen MR) is 55.5 cm³/mol. The van der Waals surface area contributed by atoms with Crippen molar-refractivity contribution in [3.63, 3.8) is 0 Å². The van der Waals surface area contributed by atoms with Gasteiger partial charge in [-0.05, 0) is 24.7 Å². The zero-order chi connectivity index (χ0) is 9.52. The molecule has 1 rings (SSSR count). The lowest BCUT2D eigenvalue weighted by atomic mass is 10.2. The minimum Gasteiger partial charge on any atom is -0.316 e. The normalized spacial score (nSPS) is 9.54. The molecule has 68 valence electrons. The smallest absolute Gasteiger partial charge is 0.0855 e. The van der Waals surface area contributed by atoms with Crippen molar-refractivity contribution < 1.29 is 0 Å². The summed E-state index contributed by atoms with van der Waals surface area (Å²) >= 11 is 1.57. The molecule has 0 saturated carbocycles. The molecule has 0 spiro atoms. The average Bonchev–Trinajstić information content (AvgIpc) is 2.17. The molecule has 0 radical (unpaired) electrons. The monoisotopic (exact) mass is 192 g/mol. The van der Waals surface area contributed by atoms with E-state index < -0.39 is 0 Å². The van der Waals surface area contributed by atoms with Gasteiger partial charge in [-0.3, -0.25) is 0 Å². The van der Waals surface area contributed by atoms with Crippen molar-refractivity contribution in [1.29, 1.82) is 5.26 Å². The van der Waals surface area contributed by atoms with Gasteiger partial charge in [0.25, 0.3) is 0 Å². The maximum absolute atomic E-state index is 8.39. The molecule has 2 nitrogen and oxygen atoms in total. The second-order valence-electron chi connectivity index (χ2n) is 2.62. The maximum Gasteiger partial charge on any atom is 0.0855 e. The molecule has 1 aromatic rings. The number of nitriles is 1. The van der Waals surface area contributed by atoms with E-state index in [2.05, 4.69) is 35.7 Å². The van der Waals surface area contributed by atoms with Crippen LogP contribution in [0.5, 0.6) is 0 Å². The Bertz CT molecular complexity index is 287. The molecule has 0 unspecified atom stereocenters. The molecule has 0 aromatic heterocycles. The molecule has 0 aliphatic heterocycles. The molecule has 0 heterocycles. The number of thioether (sulfide) groups is 1. The Kier molecular flexibility index (Phi) is 4.37. The summed E-state index contributed by atoms with van der Waals surface area (Å²) in [6.45, 7) is 0.892. The second kappa shape index (κ2) is 5.63. The average molecular weight is 192 g/mol. The van der Waals surface area contributed by atoms with E-state index in [4.69, 9.17) is 5.26 Å². The third kappa shape index (κ3) is 3.49. The van der Waals surface area contributed by atoms with Crippen molar-refractivity contribution in [2.75, 3.05) is 12.8 Å². The molecular formula is C10H12N2S. The molecule has 0 aliphatic rings. The van der Waals surface area contributed by atoms with Crippen LogP contribution in [0.15, 0.2) is 29.2 Å². The van der Waals surface area contributed by atoms with Crippen LogP contribution in [0.25, 0.3) is 0 Å². The lowest BCUT2D eigenvalue weighted by Crippen LogP contribution is -2.04. The van der Waals surface area contributed by atoms with Crippen molar-refractivity contribution >= 4 is 11.8 Å². The Labute approximate surface area is 83.0 Å². The summed E-state index contributed by atoms with van der Waals surface area (Å²) in [5.74, 6) is 0.519. The third-order valence-corrected chi connectivity index (χ3v) is 2.49. The minimum atomic E-state index is 0.519. The van der Waals surface area contributed by atoms with Gasteiger partial charge in [0.15, 0.2) is 0 Å². The first-order valence-corrected chi connectivity index (χ1v) is 5.08. The molecule has 0 aliphatic carbocycles. The standard InChI is InChI=1S/C10H12N2S/c1-12-8-9-2-4-10(5-3-9)13-7-6-11/h2-5,12H,7-8H2,1H3. The fraction of sp³-hybridized carbons (Fsp3) is 0.300. The van der Waals surface area contributed by atoms with E-state index in [9.17, 15) is 0 Å². The Morgan fingerprint density at radius 2 is 2.08 bits per heavy atom. The Hall–Kier alpha value is -0.980. The van der Waals surface area contributed by atoms with Gasteiger partial charge in [-0.1, -0.05) is 12.1 Å². The van der Waals surface area contributed by atoms with Gasteiger partial charge in [0.1, 0.15) is 0 Å². The largest absolute Gasteiger partial charge is 0.316 e. The van der Waals surface area contributed by atoms with E-state index in [0.29, 0.717) is 5.75 Å². The predicted octanol–water partition coefficient (Wildman–Crippen LogP) is 2.02. The Balaban J connectivity index is 2.54. The fourth-order valence-corrected chi connectivity index (χ4v) is 1.58. The first-order chi connectivity index (χ1) is 6.36. The first kappa shape index (κ1) is 10.1. The highest BCUT2D eigenvalue weighted by Crippen LogP contribution is 2.17. The van der Waals surface area contributed by atoms with E-state index in [1.165, 1.54) is 5.56 Å². The molecule has 1 N–H and O–H groups in total. The summed E-state index contributed by atoms with van der Waals surface area (Å²) < 4.78 is 0. The van der Waals surface area contributed by atoms with E-state index in [1.807, 2.05) is 7.05 Å². The molecular weight excluding hydrogens is 180 g/mol.